The van der Waals surface area contributed by atoms with Gasteiger partial charge >= 0.3 is 5.97 Å². The number of likely N-dealkylation sites (tertiary alicyclic amines) is 1. The van der Waals surface area contributed by atoms with Gasteiger partial charge in [-0.05, 0) is 56.8 Å². The fourth-order valence-corrected chi connectivity index (χ4v) is 3.52. The van der Waals surface area contributed by atoms with Gasteiger partial charge in [0.2, 0.25) is 0 Å². The van der Waals surface area contributed by atoms with Crippen molar-refractivity contribution in [2.24, 2.45) is 4.99 Å². The van der Waals surface area contributed by atoms with E-state index in [9.17, 15) is 4.79 Å². The smallest absolute Gasteiger partial charge is 0.305 e. The second kappa shape index (κ2) is 16.4. The Labute approximate surface area is 199 Å². The van der Waals surface area contributed by atoms with Crippen molar-refractivity contribution in [2.75, 3.05) is 33.3 Å². The lowest BCUT2D eigenvalue weighted by Gasteiger charge is -2.26. The van der Waals surface area contributed by atoms with E-state index in [0.717, 1.165) is 44.9 Å². The minimum Gasteiger partial charge on any atom is -0.469 e. The maximum absolute atomic E-state index is 11.1. The number of guanidine groups is 1. The van der Waals surface area contributed by atoms with Crippen LogP contribution in [0.5, 0.6) is 0 Å². The van der Waals surface area contributed by atoms with E-state index in [2.05, 4.69) is 51.5 Å². The van der Waals surface area contributed by atoms with Gasteiger partial charge in [-0.1, -0.05) is 37.1 Å². The number of aliphatic imine (C=N–C) groups is 1. The maximum Gasteiger partial charge on any atom is 0.305 e. The predicted molar refractivity (Wildman–Crippen MR) is 134 cm³/mol. The summed E-state index contributed by atoms with van der Waals surface area (Å²) in [5.41, 5.74) is 2.61. The van der Waals surface area contributed by atoms with E-state index in [1.165, 1.54) is 50.6 Å². The summed E-state index contributed by atoms with van der Waals surface area (Å²) in [6.45, 7) is 7.94. The molecule has 0 spiro atoms. The first-order valence-corrected chi connectivity index (χ1v) is 11.1. The normalized spacial score (nSPS) is 14.7. The molecule has 0 saturated carbocycles. The molecular formula is C23H39IN4O2. The Hall–Kier alpha value is -1.35. The molecule has 0 atom stereocenters. The van der Waals surface area contributed by atoms with Crippen molar-refractivity contribution >= 4 is 35.9 Å². The number of ether oxygens (including phenoxy) is 1. The van der Waals surface area contributed by atoms with E-state index in [0.29, 0.717) is 13.0 Å². The zero-order valence-electron chi connectivity index (χ0n) is 18.6. The molecule has 1 saturated heterocycles. The largest absolute Gasteiger partial charge is 0.469 e. The average Bonchev–Trinajstić information content (AvgIpc) is 2.75. The quantitative estimate of drug-likeness (QED) is 0.149. The minimum atomic E-state index is -0.130. The first kappa shape index (κ1) is 26.7. The number of hydrogen-bond donors (Lipinski definition) is 2. The topological polar surface area (TPSA) is 66.0 Å². The molecule has 0 radical (unpaired) electrons. The van der Waals surface area contributed by atoms with Crippen LogP contribution in [-0.4, -0.2) is 50.1 Å². The summed E-state index contributed by atoms with van der Waals surface area (Å²) in [6, 6.07) is 8.86. The molecule has 170 valence electrons. The van der Waals surface area contributed by atoms with Gasteiger partial charge in [-0.2, -0.15) is 0 Å². The molecule has 0 amide bonds. The van der Waals surface area contributed by atoms with E-state index < -0.39 is 0 Å². The number of benzene rings is 1. The molecular weight excluding hydrogens is 491 g/mol. The van der Waals surface area contributed by atoms with Crippen molar-refractivity contribution in [3.63, 3.8) is 0 Å². The number of carbonyl (C=O) groups excluding carboxylic acids is 1. The first-order valence-electron chi connectivity index (χ1n) is 11.1. The molecule has 2 N–H and O–H groups in total. The first-order chi connectivity index (χ1) is 14.2. The number of nitrogens with zero attached hydrogens (tertiary/aromatic N) is 2. The third kappa shape index (κ3) is 11.2. The van der Waals surface area contributed by atoms with Crippen LogP contribution in [0.25, 0.3) is 0 Å². The van der Waals surface area contributed by atoms with Gasteiger partial charge < -0.3 is 15.4 Å². The molecule has 0 unspecified atom stereocenters. The molecule has 0 aromatic heterocycles. The van der Waals surface area contributed by atoms with Gasteiger partial charge in [0.15, 0.2) is 5.96 Å². The summed E-state index contributed by atoms with van der Waals surface area (Å²) in [6.07, 6.45) is 7.41. The van der Waals surface area contributed by atoms with Gasteiger partial charge in [0.25, 0.3) is 0 Å². The van der Waals surface area contributed by atoms with Crippen LogP contribution < -0.4 is 10.6 Å². The number of carbonyl (C=O) groups is 1. The van der Waals surface area contributed by atoms with Crippen LogP contribution in [-0.2, 0) is 22.6 Å². The van der Waals surface area contributed by atoms with Gasteiger partial charge in [0.05, 0.1) is 13.7 Å². The maximum atomic E-state index is 11.1. The summed E-state index contributed by atoms with van der Waals surface area (Å²) >= 11 is 0. The Balaban J connectivity index is 0.00000450. The number of unbranched alkanes of at least 4 members (excludes halogenated alkanes) is 2. The van der Waals surface area contributed by atoms with Gasteiger partial charge in [-0.25, -0.2) is 4.99 Å². The lowest BCUT2D eigenvalue weighted by molar-refractivity contribution is -0.140. The number of rotatable bonds is 11. The number of methoxy groups -OCH3 is 1. The Kier molecular flexibility index (Phi) is 14.5. The van der Waals surface area contributed by atoms with Crippen molar-refractivity contribution < 1.29 is 9.53 Å². The molecule has 0 bridgehead atoms. The summed E-state index contributed by atoms with van der Waals surface area (Å²) in [7, 11) is 1.44. The molecule has 1 aliphatic rings. The molecule has 0 aliphatic carbocycles. The highest BCUT2D eigenvalue weighted by atomic mass is 127. The Morgan fingerprint density at radius 1 is 1.03 bits per heavy atom. The molecule has 1 heterocycles. The van der Waals surface area contributed by atoms with E-state index in [-0.39, 0.29) is 29.9 Å². The molecule has 1 aromatic carbocycles. The predicted octanol–water partition coefficient (Wildman–Crippen LogP) is 4.08. The summed E-state index contributed by atoms with van der Waals surface area (Å²) in [4.78, 5) is 18.4. The monoisotopic (exact) mass is 530 g/mol. The fraction of sp³-hybridized carbons (Fsp3) is 0.652. The van der Waals surface area contributed by atoms with Crippen molar-refractivity contribution in [1.29, 1.82) is 0 Å². The van der Waals surface area contributed by atoms with Crippen LogP contribution in [0.15, 0.2) is 29.3 Å². The van der Waals surface area contributed by atoms with E-state index in [1.807, 2.05) is 0 Å². The van der Waals surface area contributed by atoms with Crippen LogP contribution in [0.4, 0.5) is 0 Å². The fourth-order valence-electron chi connectivity index (χ4n) is 3.52. The Bertz CT molecular complexity index is 616. The van der Waals surface area contributed by atoms with Crippen LogP contribution in [0, 0.1) is 0 Å². The lowest BCUT2D eigenvalue weighted by atomic mass is 10.1. The van der Waals surface area contributed by atoms with Crippen molar-refractivity contribution in [2.45, 2.75) is 65.0 Å². The molecule has 1 aliphatic heterocycles. The second-order valence-corrected chi connectivity index (χ2v) is 7.66. The standard InChI is InChI=1S/C23H38N4O2.HI/c1-3-24-23(25-15-7-4-6-10-22(28)29-2)26-18-20-11-13-21(14-12-20)19-27-16-8-5-9-17-27;/h11-14H,3-10,15-19H2,1-2H3,(H2,24,25,26);1H. The molecule has 7 heteroatoms. The van der Waals surface area contributed by atoms with Crippen LogP contribution >= 0.6 is 24.0 Å². The lowest BCUT2D eigenvalue weighted by Crippen LogP contribution is -2.37. The van der Waals surface area contributed by atoms with Gasteiger partial charge in [-0.15, -0.1) is 24.0 Å². The number of piperidine rings is 1. The Morgan fingerprint density at radius 3 is 2.40 bits per heavy atom. The van der Waals surface area contributed by atoms with E-state index in [1.54, 1.807) is 0 Å². The summed E-state index contributed by atoms with van der Waals surface area (Å²) < 4.78 is 4.66. The van der Waals surface area contributed by atoms with Gasteiger partial charge in [-0.3, -0.25) is 9.69 Å². The van der Waals surface area contributed by atoms with Crippen LogP contribution in [0.2, 0.25) is 0 Å². The van der Waals surface area contributed by atoms with Gasteiger partial charge in [0, 0.05) is 26.1 Å². The number of nitrogens with one attached hydrogen (secondary N) is 2. The van der Waals surface area contributed by atoms with Crippen LogP contribution in [0.1, 0.15) is 63.0 Å². The van der Waals surface area contributed by atoms with E-state index in [4.69, 9.17) is 4.99 Å². The number of hydrogen-bond acceptors (Lipinski definition) is 4. The summed E-state index contributed by atoms with van der Waals surface area (Å²) in [5, 5.41) is 6.67. The highest BCUT2D eigenvalue weighted by Gasteiger charge is 2.10. The third-order valence-electron chi connectivity index (χ3n) is 5.22. The highest BCUT2D eigenvalue weighted by Crippen LogP contribution is 2.14. The molecule has 1 aromatic rings. The Morgan fingerprint density at radius 2 is 1.73 bits per heavy atom. The second-order valence-electron chi connectivity index (χ2n) is 7.66. The molecule has 6 nitrogen and oxygen atoms in total. The summed E-state index contributed by atoms with van der Waals surface area (Å²) in [5.74, 6) is 0.715. The van der Waals surface area contributed by atoms with Crippen molar-refractivity contribution in [3.8, 4) is 0 Å². The highest BCUT2D eigenvalue weighted by molar-refractivity contribution is 14.0. The molecule has 1 fully saturated rings. The zero-order valence-corrected chi connectivity index (χ0v) is 21.0. The van der Waals surface area contributed by atoms with Gasteiger partial charge in [0.1, 0.15) is 0 Å². The number of esters is 1. The number of halogens is 1. The zero-order chi connectivity index (χ0) is 20.7. The minimum absolute atomic E-state index is 0. The molecule has 30 heavy (non-hydrogen) atoms. The molecule has 2 rings (SSSR count). The van der Waals surface area contributed by atoms with Crippen molar-refractivity contribution in [3.05, 3.63) is 35.4 Å². The average molecular weight is 530 g/mol. The van der Waals surface area contributed by atoms with Crippen LogP contribution in [0.3, 0.4) is 0 Å². The SMILES string of the molecule is CCNC(=NCc1ccc(CN2CCCCC2)cc1)NCCCCCC(=O)OC.I. The third-order valence-corrected chi connectivity index (χ3v) is 5.22. The van der Waals surface area contributed by atoms with E-state index >= 15 is 0 Å². The van der Waals surface area contributed by atoms with Crippen molar-refractivity contribution in [1.82, 2.24) is 15.5 Å².